The molecule has 6 heteroatoms. The molecule has 0 saturated carbocycles. The molecule has 0 unspecified atom stereocenters. The van der Waals surface area contributed by atoms with Crippen LogP contribution in [0.2, 0.25) is 5.02 Å². The summed E-state index contributed by atoms with van der Waals surface area (Å²) in [5.74, 6) is 0.0970. The lowest BCUT2D eigenvalue weighted by Gasteiger charge is -2.11. The molecule has 0 aliphatic rings. The van der Waals surface area contributed by atoms with Gasteiger partial charge in [-0.3, -0.25) is 4.72 Å². The summed E-state index contributed by atoms with van der Waals surface area (Å²) in [4.78, 5) is 0. The average Bonchev–Trinajstić information content (AvgIpc) is 2.25. The Labute approximate surface area is 107 Å². The van der Waals surface area contributed by atoms with Crippen LogP contribution in [0, 0.1) is 6.92 Å². The van der Waals surface area contributed by atoms with Crippen LogP contribution in [-0.4, -0.2) is 27.8 Å². The van der Waals surface area contributed by atoms with Crippen molar-refractivity contribution < 1.29 is 8.42 Å². The van der Waals surface area contributed by atoms with Crippen LogP contribution in [0.25, 0.3) is 0 Å². The zero-order chi connectivity index (χ0) is 12.9. The average molecular weight is 277 g/mol. The zero-order valence-corrected chi connectivity index (χ0v) is 11.5. The third kappa shape index (κ3) is 4.53. The fourth-order valence-electron chi connectivity index (χ4n) is 1.38. The topological polar surface area (TPSA) is 58.2 Å². The molecule has 0 amide bonds. The molecule has 0 aliphatic heterocycles. The van der Waals surface area contributed by atoms with Gasteiger partial charge in [0.2, 0.25) is 10.0 Å². The van der Waals surface area contributed by atoms with Crippen LogP contribution in [0.5, 0.6) is 0 Å². The number of nitrogens with one attached hydrogen (secondary N) is 2. The first kappa shape index (κ1) is 14.3. The quantitative estimate of drug-likeness (QED) is 0.782. The van der Waals surface area contributed by atoms with Crippen LogP contribution in [-0.2, 0) is 10.0 Å². The molecule has 1 aromatic rings. The minimum atomic E-state index is -3.29. The third-order valence-electron chi connectivity index (χ3n) is 2.37. The van der Waals surface area contributed by atoms with E-state index < -0.39 is 10.0 Å². The zero-order valence-electron chi connectivity index (χ0n) is 9.96. The van der Waals surface area contributed by atoms with Crippen molar-refractivity contribution in [3.8, 4) is 0 Å². The molecule has 0 atom stereocenters. The third-order valence-corrected chi connectivity index (χ3v) is 4.14. The van der Waals surface area contributed by atoms with Gasteiger partial charge in [-0.05, 0) is 44.6 Å². The van der Waals surface area contributed by atoms with Crippen LogP contribution < -0.4 is 10.0 Å². The normalized spacial score (nSPS) is 11.5. The standard InChI is InChI=1S/C11H17ClN2O2S/c1-9-10(12)5-3-6-11(9)14-17(15,16)8-4-7-13-2/h3,5-6,13-14H,4,7-8H2,1-2H3. The number of anilines is 1. The molecule has 0 heterocycles. The molecule has 96 valence electrons. The monoisotopic (exact) mass is 276 g/mol. The van der Waals surface area contributed by atoms with Gasteiger partial charge in [-0.15, -0.1) is 0 Å². The minimum absolute atomic E-state index is 0.0970. The highest BCUT2D eigenvalue weighted by atomic mass is 35.5. The molecule has 0 radical (unpaired) electrons. The number of halogens is 1. The van der Waals surface area contributed by atoms with Gasteiger partial charge in [-0.25, -0.2) is 8.42 Å². The number of benzene rings is 1. The highest BCUT2D eigenvalue weighted by Crippen LogP contribution is 2.23. The molecule has 0 fully saturated rings. The van der Waals surface area contributed by atoms with E-state index in [4.69, 9.17) is 11.6 Å². The summed E-state index contributed by atoms with van der Waals surface area (Å²) in [5.41, 5.74) is 1.29. The molecule has 2 N–H and O–H groups in total. The first-order valence-electron chi connectivity index (χ1n) is 5.36. The number of rotatable bonds is 6. The molecule has 0 aromatic heterocycles. The SMILES string of the molecule is CNCCCS(=O)(=O)Nc1cccc(Cl)c1C. The lowest BCUT2D eigenvalue weighted by molar-refractivity contribution is 0.597. The van der Waals surface area contributed by atoms with Gasteiger partial charge in [-0.2, -0.15) is 0 Å². The molecular weight excluding hydrogens is 260 g/mol. The maximum atomic E-state index is 11.8. The number of sulfonamides is 1. The Morgan fingerprint density at radius 3 is 2.71 bits per heavy atom. The van der Waals surface area contributed by atoms with E-state index in [0.717, 1.165) is 5.56 Å². The lowest BCUT2D eigenvalue weighted by Crippen LogP contribution is -2.20. The van der Waals surface area contributed by atoms with Crippen molar-refractivity contribution in [3.05, 3.63) is 28.8 Å². The van der Waals surface area contributed by atoms with Crippen LogP contribution in [0.1, 0.15) is 12.0 Å². The van der Waals surface area contributed by atoms with E-state index in [2.05, 4.69) is 10.0 Å². The maximum absolute atomic E-state index is 11.8. The summed E-state index contributed by atoms with van der Waals surface area (Å²) in [6.45, 7) is 2.46. The maximum Gasteiger partial charge on any atom is 0.232 e. The highest BCUT2D eigenvalue weighted by Gasteiger charge is 2.12. The van der Waals surface area contributed by atoms with Crippen molar-refractivity contribution in [1.29, 1.82) is 0 Å². The van der Waals surface area contributed by atoms with Gasteiger partial charge in [0.1, 0.15) is 0 Å². The van der Waals surface area contributed by atoms with Crippen molar-refractivity contribution >= 4 is 27.3 Å². The van der Waals surface area contributed by atoms with Gasteiger partial charge in [-0.1, -0.05) is 17.7 Å². The Kier molecular flexibility index (Phi) is 5.24. The van der Waals surface area contributed by atoms with Gasteiger partial charge < -0.3 is 5.32 Å². The Balaban J connectivity index is 2.73. The summed E-state index contributed by atoms with van der Waals surface area (Å²) in [6.07, 6.45) is 0.575. The van der Waals surface area contributed by atoms with Crippen molar-refractivity contribution in [3.63, 3.8) is 0 Å². The van der Waals surface area contributed by atoms with Crippen LogP contribution in [0.15, 0.2) is 18.2 Å². The predicted molar refractivity (Wildman–Crippen MR) is 72.1 cm³/mol. The Hall–Kier alpha value is -0.780. The molecular formula is C11H17ClN2O2S. The molecule has 4 nitrogen and oxygen atoms in total. The Bertz CT molecular complexity index is 474. The van der Waals surface area contributed by atoms with E-state index in [-0.39, 0.29) is 5.75 Å². The van der Waals surface area contributed by atoms with Crippen molar-refractivity contribution in [2.45, 2.75) is 13.3 Å². The van der Waals surface area contributed by atoms with E-state index >= 15 is 0 Å². The molecule has 0 aliphatic carbocycles. The summed E-state index contributed by atoms with van der Waals surface area (Å²) < 4.78 is 26.1. The van der Waals surface area contributed by atoms with Crippen molar-refractivity contribution in [2.75, 3.05) is 24.1 Å². The summed E-state index contributed by atoms with van der Waals surface area (Å²) in [6, 6.07) is 5.16. The number of hydrogen-bond donors (Lipinski definition) is 2. The van der Waals surface area contributed by atoms with Crippen molar-refractivity contribution in [2.24, 2.45) is 0 Å². The van der Waals surface area contributed by atoms with Crippen molar-refractivity contribution in [1.82, 2.24) is 5.32 Å². The second-order valence-electron chi connectivity index (χ2n) is 3.79. The predicted octanol–water partition coefficient (Wildman–Crippen LogP) is 2.00. The van der Waals surface area contributed by atoms with E-state index in [1.807, 2.05) is 0 Å². The second-order valence-corrected chi connectivity index (χ2v) is 6.04. The smallest absolute Gasteiger partial charge is 0.232 e. The molecule has 1 aromatic carbocycles. The summed E-state index contributed by atoms with van der Waals surface area (Å²) >= 11 is 5.92. The largest absolute Gasteiger partial charge is 0.320 e. The first-order valence-corrected chi connectivity index (χ1v) is 7.39. The van der Waals surface area contributed by atoms with Gasteiger partial charge in [0.25, 0.3) is 0 Å². The van der Waals surface area contributed by atoms with E-state index in [1.54, 1.807) is 32.2 Å². The summed E-state index contributed by atoms with van der Waals surface area (Å²) in [7, 11) is -1.50. The van der Waals surface area contributed by atoms with Gasteiger partial charge in [0.05, 0.1) is 11.4 Å². The minimum Gasteiger partial charge on any atom is -0.320 e. The Morgan fingerprint density at radius 1 is 1.35 bits per heavy atom. The van der Waals surface area contributed by atoms with E-state index in [9.17, 15) is 8.42 Å². The first-order chi connectivity index (χ1) is 7.96. The fourth-order valence-corrected chi connectivity index (χ4v) is 2.73. The lowest BCUT2D eigenvalue weighted by atomic mass is 10.2. The Morgan fingerprint density at radius 2 is 2.06 bits per heavy atom. The number of hydrogen-bond acceptors (Lipinski definition) is 3. The van der Waals surface area contributed by atoms with Gasteiger partial charge >= 0.3 is 0 Å². The molecule has 1 rings (SSSR count). The highest BCUT2D eigenvalue weighted by molar-refractivity contribution is 7.92. The fraction of sp³-hybridized carbons (Fsp3) is 0.455. The van der Waals surface area contributed by atoms with E-state index in [0.29, 0.717) is 23.7 Å². The molecule has 0 bridgehead atoms. The molecule has 0 saturated heterocycles. The van der Waals surface area contributed by atoms with Crippen LogP contribution in [0.3, 0.4) is 0 Å². The van der Waals surface area contributed by atoms with Gasteiger partial charge in [0.15, 0.2) is 0 Å². The summed E-state index contributed by atoms with van der Waals surface area (Å²) in [5, 5.41) is 3.47. The second kappa shape index (κ2) is 6.23. The van der Waals surface area contributed by atoms with Crippen LogP contribution >= 0.6 is 11.6 Å². The van der Waals surface area contributed by atoms with Crippen LogP contribution in [0.4, 0.5) is 5.69 Å². The molecule has 0 spiro atoms. The van der Waals surface area contributed by atoms with E-state index in [1.165, 1.54) is 0 Å². The van der Waals surface area contributed by atoms with Gasteiger partial charge in [0, 0.05) is 5.02 Å². The molecule has 17 heavy (non-hydrogen) atoms.